The maximum Gasteiger partial charge on any atom is 0.387 e. The van der Waals surface area contributed by atoms with Crippen LogP contribution >= 0.6 is 0 Å². The van der Waals surface area contributed by atoms with Gasteiger partial charge in [0.05, 0.1) is 14.2 Å². The minimum atomic E-state index is -2.81. The Balaban J connectivity index is 1.46. The van der Waals surface area contributed by atoms with Crippen molar-refractivity contribution < 1.29 is 27.8 Å². The molecule has 0 aromatic heterocycles. The molecule has 1 aliphatic heterocycles. The molecule has 0 saturated carbocycles. The second kappa shape index (κ2) is 11.7. The Kier molecular flexibility index (Phi) is 8.67. The highest BCUT2D eigenvalue weighted by Crippen LogP contribution is 2.27. The SMILES string of the molecule is COc1cc(NC(=O)CCC2CCCN(Cc3ccc(OC(F)F)cc3)C2)cc(OC)c1. The lowest BCUT2D eigenvalue weighted by Crippen LogP contribution is -2.35. The average Bonchev–Trinajstić information content (AvgIpc) is 2.78. The molecule has 32 heavy (non-hydrogen) atoms. The van der Waals surface area contributed by atoms with Crippen LogP contribution < -0.4 is 19.5 Å². The summed E-state index contributed by atoms with van der Waals surface area (Å²) in [5, 5.41) is 2.92. The fourth-order valence-electron chi connectivity index (χ4n) is 4.00. The standard InChI is InChI=1S/C24H30F2N2O4/c1-30-21-12-19(13-22(14-21)31-2)27-23(29)10-7-17-4-3-11-28(15-17)16-18-5-8-20(9-6-18)32-24(25)26/h5-6,8-9,12-14,17,24H,3-4,7,10-11,15-16H2,1-2H3,(H,27,29). The zero-order valence-corrected chi connectivity index (χ0v) is 18.5. The molecular weight excluding hydrogens is 418 g/mol. The Morgan fingerprint density at radius 2 is 1.78 bits per heavy atom. The Labute approximate surface area is 187 Å². The van der Waals surface area contributed by atoms with Crippen LogP contribution in [-0.4, -0.2) is 44.7 Å². The summed E-state index contributed by atoms with van der Waals surface area (Å²) in [6, 6.07) is 12.1. The van der Waals surface area contributed by atoms with Crippen molar-refractivity contribution in [2.45, 2.75) is 38.8 Å². The van der Waals surface area contributed by atoms with Crippen LogP contribution in [-0.2, 0) is 11.3 Å². The molecule has 1 fully saturated rings. The van der Waals surface area contributed by atoms with Gasteiger partial charge in [0, 0.05) is 43.4 Å². The van der Waals surface area contributed by atoms with Crippen LogP contribution in [0, 0.1) is 5.92 Å². The van der Waals surface area contributed by atoms with Crippen molar-refractivity contribution in [3.63, 3.8) is 0 Å². The van der Waals surface area contributed by atoms with Crippen LogP contribution in [0.1, 0.15) is 31.2 Å². The first-order valence-electron chi connectivity index (χ1n) is 10.7. The third-order valence-corrected chi connectivity index (χ3v) is 5.57. The van der Waals surface area contributed by atoms with E-state index in [1.54, 1.807) is 44.6 Å². The second-order valence-electron chi connectivity index (χ2n) is 7.95. The maximum atomic E-state index is 12.5. The summed E-state index contributed by atoms with van der Waals surface area (Å²) in [4.78, 5) is 14.8. The van der Waals surface area contributed by atoms with Gasteiger partial charge in [-0.2, -0.15) is 8.78 Å². The number of likely N-dealkylation sites (tertiary alicyclic amines) is 1. The van der Waals surface area contributed by atoms with Crippen molar-refractivity contribution in [2.24, 2.45) is 5.92 Å². The molecule has 1 N–H and O–H groups in total. The number of rotatable bonds is 10. The van der Waals surface area contributed by atoms with Gasteiger partial charge in [0.2, 0.25) is 5.91 Å². The van der Waals surface area contributed by atoms with Gasteiger partial charge in [0.15, 0.2) is 0 Å². The molecule has 1 unspecified atom stereocenters. The first kappa shape index (κ1) is 23.8. The van der Waals surface area contributed by atoms with Crippen molar-refractivity contribution in [2.75, 3.05) is 32.6 Å². The van der Waals surface area contributed by atoms with Gasteiger partial charge in [-0.1, -0.05) is 12.1 Å². The van der Waals surface area contributed by atoms with E-state index in [9.17, 15) is 13.6 Å². The summed E-state index contributed by atoms with van der Waals surface area (Å²) < 4.78 is 39.5. The number of ether oxygens (including phenoxy) is 3. The molecular formula is C24H30F2N2O4. The van der Waals surface area contributed by atoms with E-state index in [-0.39, 0.29) is 11.7 Å². The zero-order valence-electron chi connectivity index (χ0n) is 18.5. The molecule has 3 rings (SSSR count). The van der Waals surface area contributed by atoms with Crippen LogP contribution in [0.3, 0.4) is 0 Å². The Morgan fingerprint density at radius 3 is 2.41 bits per heavy atom. The van der Waals surface area contributed by atoms with Crippen LogP contribution in [0.2, 0.25) is 0 Å². The number of amides is 1. The van der Waals surface area contributed by atoms with Crippen molar-refractivity contribution in [3.05, 3.63) is 48.0 Å². The highest BCUT2D eigenvalue weighted by molar-refractivity contribution is 5.91. The number of carbonyl (C=O) groups excluding carboxylic acids is 1. The highest BCUT2D eigenvalue weighted by Gasteiger charge is 2.21. The fraction of sp³-hybridized carbons (Fsp3) is 0.458. The lowest BCUT2D eigenvalue weighted by atomic mass is 9.93. The molecule has 0 spiro atoms. The van der Waals surface area contributed by atoms with E-state index in [4.69, 9.17) is 9.47 Å². The first-order chi connectivity index (χ1) is 15.4. The smallest absolute Gasteiger partial charge is 0.387 e. The molecule has 1 atom stereocenters. The summed E-state index contributed by atoms with van der Waals surface area (Å²) in [6.45, 7) is -0.162. The molecule has 1 heterocycles. The van der Waals surface area contributed by atoms with Crippen LogP contribution in [0.5, 0.6) is 17.2 Å². The summed E-state index contributed by atoms with van der Waals surface area (Å²) in [5.74, 6) is 1.82. The zero-order chi connectivity index (χ0) is 22.9. The topological polar surface area (TPSA) is 60.0 Å². The Hall–Kier alpha value is -2.87. The van der Waals surface area contributed by atoms with Gasteiger partial charge < -0.3 is 19.5 Å². The first-order valence-corrected chi connectivity index (χ1v) is 10.7. The van der Waals surface area contributed by atoms with Gasteiger partial charge in [-0.15, -0.1) is 0 Å². The summed E-state index contributed by atoms with van der Waals surface area (Å²) in [5.41, 5.74) is 1.70. The summed E-state index contributed by atoms with van der Waals surface area (Å²) >= 11 is 0. The van der Waals surface area contributed by atoms with E-state index in [0.29, 0.717) is 29.5 Å². The predicted octanol–water partition coefficient (Wildman–Crippen LogP) is 4.94. The third kappa shape index (κ3) is 7.37. The van der Waals surface area contributed by atoms with E-state index in [1.165, 1.54) is 0 Å². The van der Waals surface area contributed by atoms with E-state index in [0.717, 1.165) is 44.5 Å². The number of alkyl halides is 2. The number of hydrogen-bond acceptors (Lipinski definition) is 5. The lowest BCUT2D eigenvalue weighted by Gasteiger charge is -2.32. The van der Waals surface area contributed by atoms with Gasteiger partial charge in [0.1, 0.15) is 17.2 Å². The van der Waals surface area contributed by atoms with Crippen LogP contribution in [0.4, 0.5) is 14.5 Å². The molecule has 2 aromatic carbocycles. The van der Waals surface area contributed by atoms with E-state index < -0.39 is 6.61 Å². The predicted molar refractivity (Wildman–Crippen MR) is 118 cm³/mol. The number of anilines is 1. The van der Waals surface area contributed by atoms with E-state index in [1.807, 2.05) is 12.1 Å². The average molecular weight is 449 g/mol. The minimum absolute atomic E-state index is 0.0351. The number of benzene rings is 2. The number of piperidine rings is 1. The summed E-state index contributed by atoms with van der Waals surface area (Å²) in [7, 11) is 3.14. The van der Waals surface area contributed by atoms with Gasteiger partial charge in [-0.25, -0.2) is 0 Å². The van der Waals surface area contributed by atoms with Gasteiger partial charge in [-0.3, -0.25) is 9.69 Å². The molecule has 6 nitrogen and oxygen atoms in total. The van der Waals surface area contributed by atoms with Crippen molar-refractivity contribution >= 4 is 11.6 Å². The van der Waals surface area contributed by atoms with Crippen molar-refractivity contribution in [3.8, 4) is 17.2 Å². The number of nitrogens with zero attached hydrogens (tertiary/aromatic N) is 1. The number of hydrogen-bond donors (Lipinski definition) is 1. The minimum Gasteiger partial charge on any atom is -0.497 e. The monoisotopic (exact) mass is 448 g/mol. The highest BCUT2D eigenvalue weighted by atomic mass is 19.3. The maximum absolute atomic E-state index is 12.5. The molecule has 0 radical (unpaired) electrons. The summed E-state index contributed by atoms with van der Waals surface area (Å²) in [6.07, 6.45) is 3.42. The molecule has 2 aromatic rings. The lowest BCUT2D eigenvalue weighted by molar-refractivity contribution is -0.116. The van der Waals surface area contributed by atoms with Crippen LogP contribution in [0.25, 0.3) is 0 Å². The van der Waals surface area contributed by atoms with Gasteiger partial charge in [0.25, 0.3) is 0 Å². The molecule has 0 bridgehead atoms. The Morgan fingerprint density at radius 1 is 1.09 bits per heavy atom. The molecule has 0 aliphatic carbocycles. The van der Waals surface area contributed by atoms with Crippen molar-refractivity contribution in [1.29, 1.82) is 0 Å². The van der Waals surface area contributed by atoms with Gasteiger partial charge in [-0.05, 0) is 49.4 Å². The molecule has 1 amide bonds. The normalized spacial score (nSPS) is 16.6. The second-order valence-corrected chi connectivity index (χ2v) is 7.95. The van der Waals surface area contributed by atoms with Crippen LogP contribution in [0.15, 0.2) is 42.5 Å². The van der Waals surface area contributed by atoms with E-state index >= 15 is 0 Å². The molecule has 1 aliphatic rings. The molecule has 1 saturated heterocycles. The van der Waals surface area contributed by atoms with Crippen molar-refractivity contribution in [1.82, 2.24) is 4.90 Å². The van der Waals surface area contributed by atoms with Gasteiger partial charge >= 0.3 is 6.61 Å². The van der Waals surface area contributed by atoms with E-state index in [2.05, 4.69) is 15.0 Å². The number of halogens is 2. The number of nitrogens with one attached hydrogen (secondary N) is 1. The number of carbonyl (C=O) groups is 1. The molecule has 8 heteroatoms. The molecule has 174 valence electrons. The quantitative estimate of drug-likeness (QED) is 0.558. The Bertz CT molecular complexity index is 855. The fourth-order valence-corrected chi connectivity index (χ4v) is 4.00. The largest absolute Gasteiger partial charge is 0.497 e. The third-order valence-electron chi connectivity index (χ3n) is 5.57. The number of methoxy groups -OCH3 is 2.